The number of allylic oxidation sites excluding steroid dienone is 3. The summed E-state index contributed by atoms with van der Waals surface area (Å²) in [7, 11) is 0. The molecule has 0 aliphatic heterocycles. The van der Waals surface area contributed by atoms with E-state index in [4.69, 9.17) is 0 Å². The zero-order valence-electron chi connectivity index (χ0n) is 16.2. The van der Waals surface area contributed by atoms with Crippen molar-refractivity contribution in [3.8, 4) is 16.9 Å². The van der Waals surface area contributed by atoms with Crippen LogP contribution in [0.1, 0.15) is 29.2 Å². The van der Waals surface area contributed by atoms with Crippen LogP contribution >= 0.6 is 0 Å². The standard InChI is InChI=1S/C27H24O/c1-18(2)15-20-9-8-14-27(28)25(20)16-19(3)17-26-23-12-6-4-10-21(23)22-11-5-7-13-24(22)26/h4-14,17,28H,1,3,15-16H2,2H3. The Morgan fingerprint density at radius 3 is 1.93 bits per heavy atom. The third-order valence-electron chi connectivity index (χ3n) is 5.22. The minimum atomic E-state index is 0.325. The number of hydrogen-bond donors (Lipinski definition) is 1. The molecule has 1 aliphatic rings. The van der Waals surface area contributed by atoms with Crippen LogP contribution in [0.4, 0.5) is 0 Å². The normalized spacial score (nSPS) is 11.7. The van der Waals surface area contributed by atoms with Crippen LogP contribution in [0.5, 0.6) is 5.75 Å². The minimum Gasteiger partial charge on any atom is -0.508 e. The highest BCUT2D eigenvalue weighted by Gasteiger charge is 2.22. The van der Waals surface area contributed by atoms with Crippen LogP contribution in [0.25, 0.3) is 16.7 Å². The van der Waals surface area contributed by atoms with Gasteiger partial charge in [0.05, 0.1) is 0 Å². The Morgan fingerprint density at radius 1 is 0.786 bits per heavy atom. The lowest BCUT2D eigenvalue weighted by Gasteiger charge is -2.13. The molecule has 0 unspecified atom stereocenters. The number of hydrogen-bond acceptors (Lipinski definition) is 1. The van der Waals surface area contributed by atoms with Crippen molar-refractivity contribution in [2.75, 3.05) is 0 Å². The van der Waals surface area contributed by atoms with Gasteiger partial charge in [-0.1, -0.05) is 91.0 Å². The van der Waals surface area contributed by atoms with E-state index in [1.165, 1.54) is 27.8 Å². The molecule has 0 saturated heterocycles. The molecule has 0 saturated carbocycles. The Balaban J connectivity index is 1.72. The lowest BCUT2D eigenvalue weighted by Crippen LogP contribution is -1.97. The molecule has 1 aliphatic carbocycles. The summed E-state index contributed by atoms with van der Waals surface area (Å²) in [6, 6.07) is 22.7. The average molecular weight is 364 g/mol. The van der Waals surface area contributed by atoms with E-state index < -0.39 is 0 Å². The van der Waals surface area contributed by atoms with Crippen LogP contribution in [0, 0.1) is 0 Å². The van der Waals surface area contributed by atoms with Crippen molar-refractivity contribution in [2.45, 2.75) is 19.8 Å². The van der Waals surface area contributed by atoms with Crippen LogP contribution in [-0.4, -0.2) is 5.11 Å². The summed E-state index contributed by atoms with van der Waals surface area (Å²) in [6.45, 7) is 10.3. The third-order valence-corrected chi connectivity index (χ3v) is 5.22. The maximum absolute atomic E-state index is 10.4. The van der Waals surface area contributed by atoms with Gasteiger partial charge in [0.15, 0.2) is 0 Å². The number of phenols is 1. The van der Waals surface area contributed by atoms with Gasteiger partial charge in [-0.2, -0.15) is 0 Å². The maximum Gasteiger partial charge on any atom is 0.119 e. The molecule has 1 nitrogen and oxygen atoms in total. The molecule has 0 amide bonds. The Morgan fingerprint density at radius 2 is 1.36 bits per heavy atom. The first-order valence-electron chi connectivity index (χ1n) is 9.57. The smallest absolute Gasteiger partial charge is 0.119 e. The molecular weight excluding hydrogens is 340 g/mol. The second-order valence-corrected chi connectivity index (χ2v) is 7.53. The first kappa shape index (κ1) is 18.1. The summed E-state index contributed by atoms with van der Waals surface area (Å²) in [6.07, 6.45) is 3.55. The highest BCUT2D eigenvalue weighted by Crippen LogP contribution is 2.44. The van der Waals surface area contributed by atoms with Gasteiger partial charge in [0.25, 0.3) is 0 Å². The zero-order chi connectivity index (χ0) is 19.7. The fraction of sp³-hybridized carbons (Fsp3) is 0.111. The molecule has 138 valence electrons. The number of aromatic hydroxyl groups is 1. The van der Waals surface area contributed by atoms with Gasteiger partial charge in [-0.3, -0.25) is 0 Å². The Kier molecular flexibility index (Phi) is 4.75. The average Bonchev–Trinajstić information content (AvgIpc) is 2.98. The van der Waals surface area contributed by atoms with Crippen LogP contribution in [-0.2, 0) is 12.8 Å². The van der Waals surface area contributed by atoms with Gasteiger partial charge in [-0.25, -0.2) is 0 Å². The van der Waals surface area contributed by atoms with E-state index in [-0.39, 0.29) is 0 Å². The summed E-state index contributed by atoms with van der Waals surface area (Å²) in [5.74, 6) is 0.325. The predicted molar refractivity (Wildman–Crippen MR) is 118 cm³/mol. The van der Waals surface area contributed by atoms with Gasteiger partial charge in [0, 0.05) is 12.0 Å². The first-order valence-corrected chi connectivity index (χ1v) is 9.57. The topological polar surface area (TPSA) is 20.2 Å². The lowest BCUT2D eigenvalue weighted by molar-refractivity contribution is 0.468. The van der Waals surface area contributed by atoms with Crippen LogP contribution in [0.3, 0.4) is 0 Å². The van der Waals surface area contributed by atoms with Gasteiger partial charge in [0.1, 0.15) is 5.75 Å². The van der Waals surface area contributed by atoms with Crippen LogP contribution < -0.4 is 0 Å². The van der Waals surface area contributed by atoms with Crippen LogP contribution in [0.2, 0.25) is 0 Å². The fourth-order valence-corrected chi connectivity index (χ4v) is 4.00. The van der Waals surface area contributed by atoms with Gasteiger partial charge < -0.3 is 5.11 Å². The van der Waals surface area contributed by atoms with Crippen molar-refractivity contribution in [1.82, 2.24) is 0 Å². The number of rotatable bonds is 5. The molecule has 0 heterocycles. The molecule has 3 aromatic rings. The molecule has 0 radical (unpaired) electrons. The second kappa shape index (κ2) is 7.36. The monoisotopic (exact) mass is 364 g/mol. The molecule has 0 bridgehead atoms. The van der Waals surface area contributed by atoms with Crippen molar-refractivity contribution in [3.63, 3.8) is 0 Å². The quantitative estimate of drug-likeness (QED) is 0.390. The Hall–Kier alpha value is -3.32. The SMILES string of the molecule is C=C(C)Cc1cccc(O)c1CC(=C)C=C1c2ccccc2-c2ccccc21. The number of phenolic OH excluding ortho intramolecular Hbond substituents is 1. The van der Waals surface area contributed by atoms with Crippen molar-refractivity contribution in [3.05, 3.63) is 119 Å². The van der Waals surface area contributed by atoms with Crippen molar-refractivity contribution >= 4 is 5.57 Å². The molecule has 4 rings (SSSR count). The minimum absolute atomic E-state index is 0.325. The van der Waals surface area contributed by atoms with Gasteiger partial charge in [-0.15, -0.1) is 0 Å². The van der Waals surface area contributed by atoms with Gasteiger partial charge >= 0.3 is 0 Å². The molecule has 0 aromatic heterocycles. The van der Waals surface area contributed by atoms with E-state index in [1.807, 2.05) is 13.0 Å². The van der Waals surface area contributed by atoms with Gasteiger partial charge in [0.2, 0.25) is 0 Å². The van der Waals surface area contributed by atoms with E-state index in [0.29, 0.717) is 12.2 Å². The molecule has 3 aromatic carbocycles. The summed E-state index contributed by atoms with van der Waals surface area (Å²) in [5, 5.41) is 10.4. The first-order chi connectivity index (χ1) is 13.5. The lowest BCUT2D eigenvalue weighted by atomic mass is 9.93. The van der Waals surface area contributed by atoms with E-state index in [1.54, 1.807) is 6.07 Å². The zero-order valence-corrected chi connectivity index (χ0v) is 16.2. The largest absolute Gasteiger partial charge is 0.508 e. The molecule has 1 heteroatoms. The number of benzene rings is 3. The maximum atomic E-state index is 10.4. The molecule has 28 heavy (non-hydrogen) atoms. The second-order valence-electron chi connectivity index (χ2n) is 7.53. The molecule has 0 atom stereocenters. The highest BCUT2D eigenvalue weighted by molar-refractivity contribution is 6.01. The van der Waals surface area contributed by atoms with Crippen molar-refractivity contribution < 1.29 is 5.11 Å². The summed E-state index contributed by atoms with van der Waals surface area (Å²) >= 11 is 0. The summed E-state index contributed by atoms with van der Waals surface area (Å²) < 4.78 is 0. The highest BCUT2D eigenvalue weighted by atomic mass is 16.3. The van der Waals surface area contributed by atoms with Gasteiger partial charge in [-0.05, 0) is 52.8 Å². The predicted octanol–water partition coefficient (Wildman–Crippen LogP) is 6.72. The Labute approximate surface area is 167 Å². The molecule has 0 fully saturated rings. The number of fused-ring (bicyclic) bond motifs is 3. The molecule has 1 N–H and O–H groups in total. The Bertz CT molecular complexity index is 1070. The van der Waals surface area contributed by atoms with E-state index >= 15 is 0 Å². The van der Waals surface area contributed by atoms with E-state index in [2.05, 4.69) is 73.8 Å². The molecular formula is C27H24O. The van der Waals surface area contributed by atoms with E-state index in [9.17, 15) is 5.11 Å². The fourth-order valence-electron chi connectivity index (χ4n) is 4.00. The van der Waals surface area contributed by atoms with Crippen LogP contribution in [0.15, 0.2) is 97.1 Å². The third kappa shape index (κ3) is 3.32. The summed E-state index contributed by atoms with van der Waals surface area (Å²) in [5.41, 5.74) is 10.3. The molecule has 0 spiro atoms. The summed E-state index contributed by atoms with van der Waals surface area (Å²) in [4.78, 5) is 0. The van der Waals surface area contributed by atoms with Crippen molar-refractivity contribution in [1.29, 1.82) is 0 Å². The van der Waals surface area contributed by atoms with Crippen molar-refractivity contribution in [2.24, 2.45) is 0 Å². The van der Waals surface area contributed by atoms with E-state index in [0.717, 1.165) is 28.7 Å².